The molecule has 1 fully saturated rings. The lowest BCUT2D eigenvalue weighted by Gasteiger charge is -2.20. The van der Waals surface area contributed by atoms with Crippen molar-refractivity contribution in [3.8, 4) is 0 Å². The Morgan fingerprint density at radius 1 is 0.818 bits per heavy atom. The van der Waals surface area contributed by atoms with Crippen molar-refractivity contribution in [1.82, 2.24) is 4.90 Å². The Hall–Kier alpha value is -2.85. The number of ketones is 2. The third-order valence-corrected chi connectivity index (χ3v) is 8.85. The van der Waals surface area contributed by atoms with Gasteiger partial charge in [-0.25, -0.2) is 4.39 Å². The number of carbonyl (C=O) groups excluding carboxylic acids is 2. The number of carbonyl (C=O) groups is 2. The first-order chi connectivity index (χ1) is 21.3. The lowest BCUT2D eigenvalue weighted by Crippen LogP contribution is -2.26. The molecule has 44 heavy (non-hydrogen) atoms. The van der Waals surface area contributed by atoms with Crippen LogP contribution in [0.4, 0.5) is 4.39 Å². The van der Waals surface area contributed by atoms with Gasteiger partial charge in [-0.2, -0.15) is 0 Å². The van der Waals surface area contributed by atoms with Gasteiger partial charge in [-0.3, -0.25) is 4.79 Å². The fraction of sp³-hybridized carbons (Fsp3) is 0.550. The molecule has 240 valence electrons. The number of nitrogens with zero attached hydrogens (tertiary/aromatic N) is 1. The maximum absolute atomic E-state index is 13.7. The average molecular weight is 602 g/mol. The van der Waals surface area contributed by atoms with Crippen molar-refractivity contribution in [2.45, 2.75) is 117 Å². The Morgan fingerprint density at radius 2 is 1.45 bits per heavy atom. The summed E-state index contributed by atoms with van der Waals surface area (Å²) in [6, 6.07) is 17.1. The summed E-state index contributed by atoms with van der Waals surface area (Å²) in [7, 11) is 0. The molecule has 4 rings (SSSR count). The number of likely N-dealkylation sites (tertiary alicyclic amines) is 1. The lowest BCUT2D eigenvalue weighted by atomic mass is 9.97. The van der Waals surface area contributed by atoms with Crippen molar-refractivity contribution >= 4 is 11.6 Å². The normalized spacial score (nSPS) is 15.6. The van der Waals surface area contributed by atoms with Crippen LogP contribution >= 0.6 is 0 Å². The summed E-state index contributed by atoms with van der Waals surface area (Å²) in [5.74, 6) is 1.23. The summed E-state index contributed by atoms with van der Waals surface area (Å²) in [5.41, 5.74) is 5.88. The standard InChI is InChI=1S/C25H36FN.C15H20O2/c1-21(20-27-17-7-8-18-27)19-23-15-13-22(14-16-23)9-3-2-4-10-24-11-5-6-12-25(24)26;1-3-13-8-10-14(11-9-13)15(17)7-5-4-6-12(2)16/h5,11,13-16,21H,2-4,6-10,12,17-20H2,1H3;8-11H,3-7H2,1-2H3. The molecule has 2 aromatic rings. The number of aryl methyl sites for hydroxylation is 2. The van der Waals surface area contributed by atoms with E-state index in [9.17, 15) is 14.0 Å². The Kier molecular flexibility index (Phi) is 16.4. The summed E-state index contributed by atoms with van der Waals surface area (Å²) < 4.78 is 13.7. The van der Waals surface area contributed by atoms with Crippen molar-refractivity contribution in [2.24, 2.45) is 5.92 Å². The predicted octanol–water partition coefficient (Wildman–Crippen LogP) is 10.2. The molecule has 1 heterocycles. The zero-order valence-corrected chi connectivity index (χ0v) is 27.7. The summed E-state index contributed by atoms with van der Waals surface area (Å²) >= 11 is 0. The minimum absolute atomic E-state index is 0.118. The molecule has 1 aliphatic heterocycles. The maximum Gasteiger partial charge on any atom is 0.162 e. The van der Waals surface area contributed by atoms with Crippen molar-refractivity contribution in [3.63, 3.8) is 0 Å². The van der Waals surface area contributed by atoms with Crippen LogP contribution in [0.25, 0.3) is 0 Å². The minimum atomic E-state index is 0.118. The highest BCUT2D eigenvalue weighted by molar-refractivity contribution is 5.96. The number of unbranched alkanes of at least 4 members (excludes halogenated alkanes) is 3. The highest BCUT2D eigenvalue weighted by Crippen LogP contribution is 2.24. The Morgan fingerprint density at radius 3 is 2.11 bits per heavy atom. The molecule has 2 aromatic carbocycles. The molecular formula is C40H56FNO2. The average Bonchev–Trinajstić information content (AvgIpc) is 3.54. The molecule has 0 N–H and O–H groups in total. The highest BCUT2D eigenvalue weighted by atomic mass is 19.1. The van der Waals surface area contributed by atoms with Gasteiger partial charge in [-0.1, -0.05) is 81.0 Å². The zero-order chi connectivity index (χ0) is 31.6. The second kappa shape index (κ2) is 20.2. The van der Waals surface area contributed by atoms with Gasteiger partial charge in [0.1, 0.15) is 11.6 Å². The van der Waals surface area contributed by atoms with Gasteiger partial charge in [0.2, 0.25) is 0 Å². The zero-order valence-electron chi connectivity index (χ0n) is 27.7. The largest absolute Gasteiger partial charge is 0.303 e. The molecule has 3 nitrogen and oxygen atoms in total. The number of hydrogen-bond donors (Lipinski definition) is 0. The minimum Gasteiger partial charge on any atom is -0.303 e. The van der Waals surface area contributed by atoms with E-state index in [2.05, 4.69) is 49.1 Å². The van der Waals surface area contributed by atoms with Gasteiger partial charge in [-0.05, 0) is 119 Å². The van der Waals surface area contributed by atoms with Crippen LogP contribution in [0.3, 0.4) is 0 Å². The van der Waals surface area contributed by atoms with Crippen molar-refractivity contribution in [1.29, 1.82) is 0 Å². The molecule has 1 aliphatic carbocycles. The Labute approximate surface area is 267 Å². The van der Waals surface area contributed by atoms with Gasteiger partial charge in [0, 0.05) is 31.4 Å². The molecule has 0 bridgehead atoms. The molecule has 0 saturated carbocycles. The first-order valence-electron chi connectivity index (χ1n) is 17.3. The third-order valence-electron chi connectivity index (χ3n) is 8.85. The SMILES string of the molecule is CC(Cc1ccc(CCCCCC2=C(F)CCC=C2)cc1)CN1CCCC1.CCc1ccc(C(=O)CCCCC(C)=O)cc1. The molecule has 1 atom stereocenters. The molecule has 0 spiro atoms. The topological polar surface area (TPSA) is 37.4 Å². The number of benzene rings is 2. The van der Waals surface area contributed by atoms with Crippen molar-refractivity contribution in [2.75, 3.05) is 19.6 Å². The highest BCUT2D eigenvalue weighted by Gasteiger charge is 2.15. The van der Waals surface area contributed by atoms with Crippen LogP contribution in [0.1, 0.15) is 125 Å². The number of hydrogen-bond acceptors (Lipinski definition) is 3. The second-order valence-electron chi connectivity index (χ2n) is 12.9. The maximum atomic E-state index is 13.7. The van der Waals surface area contributed by atoms with Crippen LogP contribution in [-0.2, 0) is 24.1 Å². The van der Waals surface area contributed by atoms with E-state index in [1.165, 1.54) is 68.4 Å². The molecule has 4 heteroatoms. The van der Waals surface area contributed by atoms with Crippen molar-refractivity contribution < 1.29 is 14.0 Å². The van der Waals surface area contributed by atoms with E-state index in [4.69, 9.17) is 0 Å². The lowest BCUT2D eigenvalue weighted by molar-refractivity contribution is -0.117. The van der Waals surface area contributed by atoms with Crippen LogP contribution in [0.2, 0.25) is 0 Å². The fourth-order valence-electron chi connectivity index (χ4n) is 6.17. The van der Waals surface area contributed by atoms with Gasteiger partial charge in [0.15, 0.2) is 5.78 Å². The molecule has 1 saturated heterocycles. The van der Waals surface area contributed by atoms with Gasteiger partial charge in [0.05, 0.1) is 0 Å². The summed E-state index contributed by atoms with van der Waals surface area (Å²) in [5, 5.41) is 0. The Bertz CT molecular complexity index is 1190. The van der Waals surface area contributed by atoms with E-state index in [0.29, 0.717) is 19.3 Å². The third kappa shape index (κ3) is 13.8. The number of rotatable bonds is 17. The van der Waals surface area contributed by atoms with Crippen LogP contribution in [0, 0.1) is 5.92 Å². The number of halogens is 1. The van der Waals surface area contributed by atoms with Gasteiger partial charge >= 0.3 is 0 Å². The summed E-state index contributed by atoms with van der Waals surface area (Å²) in [6.45, 7) is 9.90. The first-order valence-corrected chi connectivity index (χ1v) is 17.3. The fourth-order valence-corrected chi connectivity index (χ4v) is 6.17. The van der Waals surface area contributed by atoms with Crippen LogP contribution < -0.4 is 0 Å². The Balaban J connectivity index is 0.000000269. The van der Waals surface area contributed by atoms with Gasteiger partial charge < -0.3 is 9.69 Å². The number of Topliss-reactive ketones (excluding diaryl/α,β-unsaturated/α-hetero) is 2. The van der Waals surface area contributed by atoms with Gasteiger partial charge in [0.25, 0.3) is 0 Å². The van der Waals surface area contributed by atoms with Crippen LogP contribution in [0.5, 0.6) is 0 Å². The molecule has 0 aromatic heterocycles. The summed E-state index contributed by atoms with van der Waals surface area (Å²) in [4.78, 5) is 25.2. The van der Waals surface area contributed by atoms with E-state index in [0.717, 1.165) is 62.0 Å². The van der Waals surface area contributed by atoms with Crippen LogP contribution in [-0.4, -0.2) is 36.1 Å². The second-order valence-corrected chi connectivity index (χ2v) is 12.9. The van der Waals surface area contributed by atoms with Crippen molar-refractivity contribution in [3.05, 3.63) is 94.3 Å². The van der Waals surface area contributed by atoms with E-state index < -0.39 is 0 Å². The molecular weight excluding hydrogens is 545 g/mol. The van der Waals surface area contributed by atoms with E-state index in [-0.39, 0.29) is 17.4 Å². The molecule has 1 unspecified atom stereocenters. The predicted molar refractivity (Wildman–Crippen MR) is 183 cm³/mol. The molecule has 0 amide bonds. The van der Waals surface area contributed by atoms with Crippen LogP contribution in [0.15, 0.2) is 72.1 Å². The van der Waals surface area contributed by atoms with E-state index in [1.54, 1.807) is 6.92 Å². The molecule has 2 aliphatic rings. The monoisotopic (exact) mass is 601 g/mol. The number of allylic oxidation sites excluding steroid dienone is 4. The first kappa shape index (κ1) is 35.6. The quantitative estimate of drug-likeness (QED) is 0.134. The smallest absolute Gasteiger partial charge is 0.162 e. The van der Waals surface area contributed by atoms with E-state index in [1.807, 2.05) is 30.3 Å². The van der Waals surface area contributed by atoms with E-state index >= 15 is 0 Å². The molecule has 0 radical (unpaired) electrons. The van der Waals surface area contributed by atoms with Gasteiger partial charge in [-0.15, -0.1) is 0 Å². The summed E-state index contributed by atoms with van der Waals surface area (Å²) in [6.07, 6.45) is 18.8.